The quantitative estimate of drug-likeness (QED) is 0.680. The van der Waals surface area contributed by atoms with Crippen molar-refractivity contribution >= 4 is 22.6 Å². The third kappa shape index (κ3) is 4.04. The lowest BCUT2D eigenvalue weighted by atomic mass is 10.2. The summed E-state index contributed by atoms with van der Waals surface area (Å²) in [6.07, 6.45) is -3.10. The van der Waals surface area contributed by atoms with Gasteiger partial charge in [-0.1, -0.05) is 0 Å². The number of fused-ring (bicyclic) bond motifs is 1. The van der Waals surface area contributed by atoms with E-state index in [9.17, 15) is 27.6 Å². The number of aryl methyl sites for hydroxylation is 1. The molecule has 3 aromatic rings. The van der Waals surface area contributed by atoms with Crippen LogP contribution >= 0.6 is 0 Å². The van der Waals surface area contributed by atoms with Gasteiger partial charge in [0.15, 0.2) is 5.65 Å². The molecule has 2 heterocycles. The molecule has 0 aliphatic heterocycles. The highest BCUT2D eigenvalue weighted by Crippen LogP contribution is 2.29. The van der Waals surface area contributed by atoms with Crippen LogP contribution < -0.4 is 21.3 Å². The number of alkyl halides is 3. The minimum Gasteiger partial charge on any atom is -0.493 e. The number of nitrogens with one attached hydrogen (secondary N) is 1. The van der Waals surface area contributed by atoms with Gasteiger partial charge in [-0.25, -0.2) is 14.3 Å². The number of nitrogens with zero attached hydrogens (tertiary/aromatic N) is 3. The molecule has 1 aromatic carbocycles. The first-order valence-corrected chi connectivity index (χ1v) is 8.82. The van der Waals surface area contributed by atoms with Crippen LogP contribution in [-0.2, 0) is 24.6 Å². The predicted octanol–water partition coefficient (Wildman–Crippen LogP) is 2.15. The molecule has 0 radical (unpaired) electrons. The Labute approximate surface area is 167 Å². The molecule has 0 saturated heterocycles. The fourth-order valence-electron chi connectivity index (χ4n) is 2.88. The largest absolute Gasteiger partial charge is 0.493 e. The molecule has 11 heteroatoms. The van der Waals surface area contributed by atoms with Crippen LogP contribution in [-0.4, -0.2) is 26.6 Å². The number of carbonyl (C=O) groups excluding carboxylic acids is 1. The van der Waals surface area contributed by atoms with Crippen molar-refractivity contribution in [2.45, 2.75) is 19.6 Å². The van der Waals surface area contributed by atoms with Gasteiger partial charge in [0.2, 0.25) is 5.91 Å². The van der Waals surface area contributed by atoms with Gasteiger partial charge < -0.3 is 10.1 Å². The van der Waals surface area contributed by atoms with Crippen molar-refractivity contribution in [3.8, 4) is 5.75 Å². The van der Waals surface area contributed by atoms with E-state index in [-0.39, 0.29) is 29.1 Å². The standard InChI is InChI=1S/C19H17F3N4O4/c1-3-30-13-8-9-23-16-15(13)17(28)26(18(29)25(16)2)10-14(27)24-12-6-4-11(5-7-12)19(20,21)22/h4-9H,3,10H2,1-2H3,(H,24,27). The molecule has 0 saturated carbocycles. The van der Waals surface area contributed by atoms with Crippen LogP contribution in [0.25, 0.3) is 11.0 Å². The maximum absolute atomic E-state index is 12.9. The fourth-order valence-corrected chi connectivity index (χ4v) is 2.88. The van der Waals surface area contributed by atoms with E-state index >= 15 is 0 Å². The third-order valence-corrected chi connectivity index (χ3v) is 4.28. The summed E-state index contributed by atoms with van der Waals surface area (Å²) >= 11 is 0. The molecule has 30 heavy (non-hydrogen) atoms. The second-order valence-electron chi connectivity index (χ2n) is 6.30. The summed E-state index contributed by atoms with van der Waals surface area (Å²) in [4.78, 5) is 41.8. The first kappa shape index (κ1) is 21.1. The Morgan fingerprint density at radius 2 is 1.83 bits per heavy atom. The lowest BCUT2D eigenvalue weighted by molar-refractivity contribution is -0.137. The zero-order valence-electron chi connectivity index (χ0n) is 16.0. The van der Waals surface area contributed by atoms with Gasteiger partial charge in [0.1, 0.15) is 17.7 Å². The molecule has 158 valence electrons. The zero-order valence-corrected chi connectivity index (χ0v) is 16.0. The number of hydrogen-bond donors (Lipinski definition) is 1. The number of hydrogen-bond acceptors (Lipinski definition) is 5. The van der Waals surface area contributed by atoms with E-state index < -0.39 is 35.4 Å². The first-order valence-electron chi connectivity index (χ1n) is 8.82. The molecule has 0 aliphatic carbocycles. The molecule has 1 N–H and O–H groups in total. The molecule has 0 fully saturated rings. The first-order chi connectivity index (χ1) is 14.1. The molecule has 0 spiro atoms. The Hall–Kier alpha value is -3.63. The van der Waals surface area contributed by atoms with Gasteiger partial charge in [-0.2, -0.15) is 13.2 Å². The maximum Gasteiger partial charge on any atom is 0.416 e. The Kier molecular flexibility index (Phi) is 5.63. The number of halogens is 3. The molecule has 2 aromatic heterocycles. The molecule has 0 atom stereocenters. The summed E-state index contributed by atoms with van der Waals surface area (Å²) in [6.45, 7) is 1.36. The number of benzene rings is 1. The third-order valence-electron chi connectivity index (χ3n) is 4.28. The van der Waals surface area contributed by atoms with Crippen molar-refractivity contribution in [2.24, 2.45) is 7.05 Å². The van der Waals surface area contributed by atoms with Crippen molar-refractivity contribution < 1.29 is 22.7 Å². The highest BCUT2D eigenvalue weighted by molar-refractivity contribution is 5.90. The highest BCUT2D eigenvalue weighted by Gasteiger charge is 2.30. The monoisotopic (exact) mass is 422 g/mol. The number of rotatable bonds is 5. The second kappa shape index (κ2) is 8.01. The lowest BCUT2D eigenvalue weighted by Gasteiger charge is -2.13. The topological polar surface area (TPSA) is 95.2 Å². The van der Waals surface area contributed by atoms with Gasteiger partial charge in [0.25, 0.3) is 5.56 Å². The summed E-state index contributed by atoms with van der Waals surface area (Å²) in [5, 5.41) is 2.41. The second-order valence-corrected chi connectivity index (χ2v) is 6.30. The fraction of sp³-hybridized carbons (Fsp3) is 0.263. The van der Waals surface area contributed by atoms with Crippen LogP contribution in [0.15, 0.2) is 46.1 Å². The minimum absolute atomic E-state index is 0.0452. The maximum atomic E-state index is 12.9. The van der Waals surface area contributed by atoms with Crippen LogP contribution in [0.5, 0.6) is 5.75 Å². The van der Waals surface area contributed by atoms with Gasteiger partial charge in [-0.05, 0) is 37.3 Å². The van der Waals surface area contributed by atoms with E-state index in [0.717, 1.165) is 28.8 Å². The van der Waals surface area contributed by atoms with Crippen LogP contribution in [0.2, 0.25) is 0 Å². The van der Waals surface area contributed by atoms with Crippen molar-refractivity contribution in [2.75, 3.05) is 11.9 Å². The average Bonchev–Trinajstić information content (AvgIpc) is 2.69. The molecular formula is C19H17F3N4O4. The van der Waals surface area contributed by atoms with E-state index in [4.69, 9.17) is 4.74 Å². The number of anilines is 1. The van der Waals surface area contributed by atoms with Gasteiger partial charge >= 0.3 is 11.9 Å². The SMILES string of the molecule is CCOc1ccnc2c1c(=O)n(CC(=O)Nc1ccc(C(F)(F)F)cc1)c(=O)n2C. The van der Waals surface area contributed by atoms with Crippen molar-refractivity contribution in [1.29, 1.82) is 0 Å². The summed E-state index contributed by atoms with van der Waals surface area (Å²) in [6, 6.07) is 5.27. The average molecular weight is 422 g/mol. The Bertz CT molecular complexity index is 1210. The number of carbonyl (C=O) groups is 1. The minimum atomic E-state index is -4.50. The van der Waals surface area contributed by atoms with Crippen molar-refractivity contribution in [3.63, 3.8) is 0 Å². The summed E-state index contributed by atoms with van der Waals surface area (Å²) < 4.78 is 45.2. The molecule has 3 rings (SSSR count). The summed E-state index contributed by atoms with van der Waals surface area (Å²) in [7, 11) is 1.40. The Morgan fingerprint density at radius 1 is 1.17 bits per heavy atom. The summed E-state index contributed by atoms with van der Waals surface area (Å²) in [5.74, 6) is -0.532. The molecular weight excluding hydrogens is 405 g/mol. The molecule has 1 amide bonds. The Morgan fingerprint density at radius 3 is 2.43 bits per heavy atom. The van der Waals surface area contributed by atoms with Gasteiger partial charge in [-0.3, -0.25) is 14.2 Å². The van der Waals surface area contributed by atoms with E-state index in [2.05, 4.69) is 10.3 Å². The number of aromatic nitrogens is 3. The Balaban J connectivity index is 1.93. The van der Waals surface area contributed by atoms with Crippen LogP contribution in [0.4, 0.5) is 18.9 Å². The molecule has 0 unspecified atom stereocenters. The van der Waals surface area contributed by atoms with Crippen LogP contribution in [0, 0.1) is 0 Å². The van der Waals surface area contributed by atoms with Crippen molar-refractivity contribution in [1.82, 2.24) is 14.1 Å². The smallest absolute Gasteiger partial charge is 0.416 e. The summed E-state index contributed by atoms with van der Waals surface area (Å²) in [5.41, 5.74) is -2.19. The van der Waals surface area contributed by atoms with Gasteiger partial charge in [0, 0.05) is 18.9 Å². The van der Waals surface area contributed by atoms with E-state index in [1.165, 1.54) is 19.3 Å². The highest BCUT2D eigenvalue weighted by atomic mass is 19.4. The normalized spacial score (nSPS) is 11.5. The van der Waals surface area contributed by atoms with E-state index in [0.29, 0.717) is 4.57 Å². The number of amides is 1. The van der Waals surface area contributed by atoms with Crippen molar-refractivity contribution in [3.05, 3.63) is 62.9 Å². The predicted molar refractivity (Wildman–Crippen MR) is 102 cm³/mol. The number of pyridine rings is 1. The van der Waals surface area contributed by atoms with Crippen LogP contribution in [0.3, 0.4) is 0 Å². The van der Waals surface area contributed by atoms with E-state index in [1.54, 1.807) is 6.92 Å². The van der Waals surface area contributed by atoms with E-state index in [1.807, 2.05) is 0 Å². The number of ether oxygens (including phenoxy) is 1. The lowest BCUT2D eigenvalue weighted by Crippen LogP contribution is -2.42. The molecule has 0 aliphatic rings. The zero-order chi connectivity index (χ0) is 22.1. The molecule has 8 nitrogen and oxygen atoms in total. The van der Waals surface area contributed by atoms with Gasteiger partial charge in [0.05, 0.1) is 12.2 Å². The molecule has 0 bridgehead atoms. The van der Waals surface area contributed by atoms with Gasteiger partial charge in [-0.15, -0.1) is 0 Å². The van der Waals surface area contributed by atoms with Crippen LogP contribution in [0.1, 0.15) is 12.5 Å².